The minimum absolute atomic E-state index is 0.00330. The first kappa shape index (κ1) is 106. The Bertz CT molecular complexity index is 6980. The standard InChI is InChI=1S/C24H31N3O3.C23H29N3O3.C22H26N2O3.C20H25N5O3.C20H22N4O3/c1-4-5-6-7-11-22(29)25-15-18-9-8-10-19-23(18)24(30)27(17(3)26-19)20-13-12-16(2)14-21(20)28;1-14-9-10-18(19(27)11-14)26-15(2)25-17-8-6-7-16(21(17)22(26)29)13-24-20(28)12-23(3,4)5;1-4-6-17(25)11-10-16-7-5-8-18-21(16)22(27)24(15(3)23-18)19-12-9-14(2)13-20(19)26;1-12-8-9-16(19(27)22-12)25-13(2)23-15-7-5-6-14(18(15)20(25)28)10-21-17(26)11-24(3)4;1-11-6-9-16(19(26)22-11)24-12(2)23-15-5-3-4-14(17(15)20(24)27)10-21-18(25)13-7-8-13/h8-10,20H,2,4-7,11-15H2,1,3H3,(H,25,29);6-8,18H,1,9-13H2,2-5H3,(H,24,28);5,7-8,19H,2,4,6,9-13H2,1,3H3;5-7,16H,1,8-11H2,2-4H3,(H,21,26)(H,22,27);3-5,13,16H,1,6-10H2,2H3,(H,21,25)(H,22,26). The van der Waals surface area contributed by atoms with E-state index in [-0.39, 0.29) is 130 Å². The number of nitrogens with one attached hydrogen (secondary N) is 6. The van der Waals surface area contributed by atoms with Crippen LogP contribution in [0.2, 0.25) is 0 Å². The summed E-state index contributed by atoms with van der Waals surface area (Å²) in [6.45, 7) is 39.5. The number of fused-ring (bicyclic) bond motifs is 5. The van der Waals surface area contributed by atoms with E-state index in [0.717, 1.165) is 92.1 Å². The fourth-order valence-corrected chi connectivity index (χ4v) is 19.1. The van der Waals surface area contributed by atoms with Crippen LogP contribution in [-0.2, 0) is 80.5 Å². The summed E-state index contributed by atoms with van der Waals surface area (Å²) in [5.41, 5.74) is 9.42. The SMILES string of the molecule is C=C1CCC(n2c(C)nc3cccc(CCC(=O)CCC)c3c2=O)C(=O)C1.C=C1CCC(n2c(C)nc3cccc(CNC(=O)C4CC4)c3c2=O)C(=O)N1.C=C1CCC(n2c(C)nc3cccc(CNC(=O)CC(C)(C)C)c3c2=O)C(=O)C1.C=C1CCC(n2c(C)nc3cccc(CNC(=O)CCCCCC)c3c2=O)C(=O)C1.C=C1CCC(n2c(C)nc3cccc(CNC(=O)CN(C)C)c3c2=O)C(=O)N1. The maximum absolute atomic E-state index is 13.4. The average Bonchev–Trinajstić information content (AvgIpc) is 1.38. The van der Waals surface area contributed by atoms with E-state index in [1.54, 1.807) is 74.4 Å². The molecule has 32 heteroatoms. The van der Waals surface area contributed by atoms with Crippen molar-refractivity contribution in [2.24, 2.45) is 11.3 Å². The lowest BCUT2D eigenvalue weighted by Gasteiger charge is -2.26. The molecule has 141 heavy (non-hydrogen) atoms. The Morgan fingerprint density at radius 2 is 0.702 bits per heavy atom. The molecule has 5 unspecified atom stereocenters. The monoisotopic (exact) mass is 1920 g/mol. The fraction of sp³-hybridized carbons (Fsp3) is 0.450. The highest BCUT2D eigenvalue weighted by atomic mass is 16.2. The van der Waals surface area contributed by atoms with Gasteiger partial charge in [0.05, 0.1) is 79.2 Å². The topological polar surface area (TPSA) is 421 Å². The van der Waals surface area contributed by atoms with Crippen molar-refractivity contribution in [3.63, 3.8) is 0 Å². The Balaban J connectivity index is 0.000000158. The van der Waals surface area contributed by atoms with Gasteiger partial charge in [-0.2, -0.15) is 0 Å². The first-order valence-electron chi connectivity index (χ1n) is 49.0. The van der Waals surface area contributed by atoms with Gasteiger partial charge in [-0.25, -0.2) is 24.9 Å². The van der Waals surface area contributed by atoms with Crippen LogP contribution in [0.15, 0.2) is 176 Å². The van der Waals surface area contributed by atoms with Crippen LogP contribution in [0.25, 0.3) is 54.5 Å². The second-order valence-corrected chi connectivity index (χ2v) is 39.3. The lowest BCUT2D eigenvalue weighted by atomic mass is 9.90. The first-order chi connectivity index (χ1) is 67.1. The summed E-state index contributed by atoms with van der Waals surface area (Å²) in [4.78, 5) is 214. The summed E-state index contributed by atoms with van der Waals surface area (Å²) in [6, 6.07) is 24.6. The summed E-state index contributed by atoms with van der Waals surface area (Å²) >= 11 is 0. The van der Waals surface area contributed by atoms with E-state index in [1.807, 2.05) is 102 Å². The zero-order valence-corrected chi connectivity index (χ0v) is 83.4. The maximum Gasteiger partial charge on any atom is 0.262 e. The van der Waals surface area contributed by atoms with Gasteiger partial charge in [-0.05, 0) is 209 Å². The van der Waals surface area contributed by atoms with Gasteiger partial charge in [0, 0.05) is 88.4 Å². The van der Waals surface area contributed by atoms with Crippen LogP contribution in [-0.4, -0.2) is 132 Å². The second-order valence-electron chi connectivity index (χ2n) is 39.3. The quantitative estimate of drug-likeness (QED) is 0.0206. The molecule has 744 valence electrons. The molecule has 0 bridgehead atoms. The van der Waals surface area contributed by atoms with Crippen molar-refractivity contribution >= 4 is 113 Å². The van der Waals surface area contributed by atoms with Gasteiger partial charge in [0.15, 0.2) is 17.3 Å². The van der Waals surface area contributed by atoms with Crippen molar-refractivity contribution < 1.29 is 47.9 Å². The number of allylic oxidation sites excluding steroid dienone is 5. The molecule has 5 aromatic carbocycles. The summed E-state index contributed by atoms with van der Waals surface area (Å²) < 4.78 is 7.53. The number of hydrogen-bond acceptors (Lipinski definition) is 21. The van der Waals surface area contributed by atoms with Gasteiger partial charge >= 0.3 is 0 Å². The number of carbonyl (C=O) groups is 10. The molecule has 2 saturated heterocycles. The number of Topliss-reactive ketones (excluding diaryl/α,β-unsaturated/α-hetero) is 4. The number of aromatic nitrogens is 10. The molecule has 16 rings (SSSR count). The van der Waals surface area contributed by atoms with Crippen LogP contribution < -0.4 is 59.7 Å². The molecule has 4 aliphatic carbocycles. The molecule has 4 saturated carbocycles. The van der Waals surface area contributed by atoms with Crippen LogP contribution in [0.3, 0.4) is 0 Å². The number of hydrogen-bond donors (Lipinski definition) is 6. The van der Waals surface area contributed by atoms with Crippen LogP contribution in [0.4, 0.5) is 0 Å². The zero-order valence-electron chi connectivity index (χ0n) is 83.4. The third-order valence-electron chi connectivity index (χ3n) is 26.3. The molecule has 5 aromatic heterocycles. The molecule has 6 fully saturated rings. The number of amides is 6. The number of unbranched alkanes of at least 4 members (excludes halogenated alkanes) is 3. The Hall–Kier alpha value is -14.0. The van der Waals surface area contributed by atoms with Crippen LogP contribution in [0.1, 0.15) is 276 Å². The van der Waals surface area contributed by atoms with Gasteiger partial charge in [0.1, 0.15) is 47.0 Å². The van der Waals surface area contributed by atoms with E-state index >= 15 is 0 Å². The Kier molecular flexibility index (Phi) is 35.5. The number of nitrogens with zero attached hydrogens (tertiary/aromatic N) is 11. The molecule has 32 nitrogen and oxygen atoms in total. The number of likely N-dealkylation sites (N-methyl/N-ethyl adjacent to an activating group) is 1. The van der Waals surface area contributed by atoms with Crippen LogP contribution >= 0.6 is 0 Å². The Morgan fingerprint density at radius 1 is 0.383 bits per heavy atom. The minimum atomic E-state index is -0.619. The molecule has 0 radical (unpaired) electrons. The number of piperidine rings is 2. The molecular formula is C109H133N17O15. The lowest BCUT2D eigenvalue weighted by Crippen LogP contribution is -2.41. The molecule has 0 spiro atoms. The van der Waals surface area contributed by atoms with Gasteiger partial charge in [-0.3, -0.25) is 94.8 Å². The van der Waals surface area contributed by atoms with Crippen molar-refractivity contribution in [2.45, 2.75) is 286 Å². The number of rotatable bonds is 27. The van der Waals surface area contributed by atoms with E-state index < -0.39 is 30.2 Å². The Labute approximate surface area is 820 Å². The minimum Gasteiger partial charge on any atom is -0.352 e. The number of carbonyl (C=O) groups excluding carboxylic acids is 10. The second kappa shape index (κ2) is 47.3. The summed E-state index contributed by atoms with van der Waals surface area (Å²) in [6.07, 6.45) is 16.4. The molecular weight excluding hydrogens is 1790 g/mol. The molecule has 6 N–H and O–H groups in total. The number of benzene rings is 5. The molecule has 6 aliphatic rings. The summed E-state index contributed by atoms with van der Waals surface area (Å²) in [7, 11) is 3.62. The van der Waals surface area contributed by atoms with E-state index in [0.29, 0.717) is 208 Å². The smallest absolute Gasteiger partial charge is 0.262 e. The van der Waals surface area contributed by atoms with E-state index in [2.05, 4.69) is 96.6 Å². The predicted molar refractivity (Wildman–Crippen MR) is 546 cm³/mol. The molecule has 10 aromatic rings. The Morgan fingerprint density at radius 3 is 1.02 bits per heavy atom. The largest absolute Gasteiger partial charge is 0.352 e. The third-order valence-corrected chi connectivity index (χ3v) is 26.3. The van der Waals surface area contributed by atoms with Crippen molar-refractivity contribution in [2.75, 3.05) is 20.6 Å². The van der Waals surface area contributed by atoms with E-state index in [1.165, 1.54) is 18.3 Å². The third kappa shape index (κ3) is 26.4. The predicted octanol–water partition coefficient (Wildman–Crippen LogP) is 14.1. The van der Waals surface area contributed by atoms with Gasteiger partial charge in [0.2, 0.25) is 35.4 Å². The normalized spacial score (nSPS) is 17.7. The molecule has 7 heterocycles. The van der Waals surface area contributed by atoms with Crippen molar-refractivity contribution in [3.8, 4) is 0 Å². The highest BCUT2D eigenvalue weighted by Gasteiger charge is 2.36. The zero-order chi connectivity index (χ0) is 102. The molecule has 2 aliphatic heterocycles. The maximum atomic E-state index is 13.4. The highest BCUT2D eigenvalue weighted by molar-refractivity contribution is 5.93. The van der Waals surface area contributed by atoms with Crippen molar-refractivity contribution in [1.82, 2.24) is 84.6 Å². The number of ketones is 4. The lowest BCUT2D eigenvalue weighted by molar-refractivity contribution is -0.125. The van der Waals surface area contributed by atoms with Gasteiger partial charge in [0.25, 0.3) is 27.8 Å². The van der Waals surface area contributed by atoms with Gasteiger partial charge < -0.3 is 36.8 Å². The number of aryl methyl sites for hydroxylation is 6. The van der Waals surface area contributed by atoms with Gasteiger partial charge in [-0.1, -0.05) is 164 Å². The van der Waals surface area contributed by atoms with Crippen molar-refractivity contribution in [1.29, 1.82) is 0 Å². The highest BCUT2D eigenvalue weighted by Crippen LogP contribution is 2.35. The molecule has 6 amide bonds. The van der Waals surface area contributed by atoms with E-state index in [9.17, 15) is 71.9 Å². The summed E-state index contributed by atoms with van der Waals surface area (Å²) in [5, 5.41) is 19.4. The molecule has 5 atom stereocenters. The average molecular weight is 1920 g/mol. The van der Waals surface area contributed by atoms with Crippen molar-refractivity contribution in [3.05, 3.63) is 261 Å². The van der Waals surface area contributed by atoms with Crippen LogP contribution in [0.5, 0.6) is 0 Å². The summed E-state index contributed by atoms with van der Waals surface area (Å²) in [5.74, 6) is 2.29. The van der Waals surface area contributed by atoms with E-state index in [4.69, 9.17) is 0 Å². The van der Waals surface area contributed by atoms with Gasteiger partial charge in [-0.15, -0.1) is 0 Å². The first-order valence-corrected chi connectivity index (χ1v) is 49.0. The van der Waals surface area contributed by atoms with Crippen LogP contribution in [0, 0.1) is 46.0 Å². The fourth-order valence-electron chi connectivity index (χ4n) is 19.1.